The molecule has 1 aromatic heterocycles. The largest absolute Gasteiger partial charge is 0.335 e. The van der Waals surface area contributed by atoms with Crippen molar-refractivity contribution in [3.05, 3.63) is 156 Å². The number of aromatic nitrogens is 1. The summed E-state index contributed by atoms with van der Waals surface area (Å²) < 4.78 is 30.7. The van der Waals surface area contributed by atoms with E-state index in [2.05, 4.69) is 29.2 Å². The third-order valence-electron chi connectivity index (χ3n) is 7.93. The van der Waals surface area contributed by atoms with Gasteiger partial charge in [-0.25, -0.2) is 8.78 Å². The number of hydrogen-bond acceptors (Lipinski definition) is 5. The molecule has 0 unspecified atom stereocenters. The van der Waals surface area contributed by atoms with Crippen molar-refractivity contribution < 1.29 is 13.6 Å². The van der Waals surface area contributed by atoms with Crippen LogP contribution in [0.25, 0.3) is 17.3 Å². The molecule has 0 aliphatic carbocycles. The van der Waals surface area contributed by atoms with E-state index in [1.165, 1.54) is 42.5 Å². The highest BCUT2D eigenvalue weighted by atomic mass is 35.5. The second kappa shape index (κ2) is 13.6. The summed E-state index contributed by atoms with van der Waals surface area (Å²) in [5, 5.41) is 10.4. The van der Waals surface area contributed by atoms with Crippen molar-refractivity contribution in [1.82, 2.24) is 14.4 Å². The molecule has 46 heavy (non-hydrogen) atoms. The standard InChI is InChI=1S/C36H27ClF2N4O2S/c37-28-14-9-16-29(38)26(28)22-32-35(45)43(31-17-8-7-15-30(31)39)36(46-32)27(23-40)34(44)42-20-18-41(19-21-42)33(24-10-3-1-4-11-24)25-12-5-2-6-13-25/h1-17,22,33H,18-21H2/b32-22+,36-27+. The number of nitrogens with zero attached hydrogens (tertiary/aromatic N) is 4. The van der Waals surface area contributed by atoms with Crippen molar-refractivity contribution in [2.75, 3.05) is 26.2 Å². The predicted octanol–water partition coefficient (Wildman–Crippen LogP) is 5.27. The maximum atomic E-state index is 15.1. The van der Waals surface area contributed by atoms with Crippen molar-refractivity contribution in [3.63, 3.8) is 0 Å². The van der Waals surface area contributed by atoms with E-state index < -0.39 is 23.1 Å². The fraction of sp³-hybridized carbons (Fsp3) is 0.139. The summed E-state index contributed by atoms with van der Waals surface area (Å²) in [6, 6.07) is 32.0. The van der Waals surface area contributed by atoms with Crippen LogP contribution in [0.5, 0.6) is 0 Å². The van der Waals surface area contributed by atoms with Gasteiger partial charge in [-0.2, -0.15) is 5.26 Å². The van der Waals surface area contributed by atoms with Gasteiger partial charge in [-0.15, -0.1) is 11.3 Å². The zero-order valence-electron chi connectivity index (χ0n) is 24.4. The molecule has 0 N–H and O–H groups in total. The van der Waals surface area contributed by atoms with Gasteiger partial charge in [-0.05, 0) is 41.5 Å². The molecule has 1 fully saturated rings. The number of carbonyl (C=O) groups excluding carboxylic acids is 1. The number of benzene rings is 4. The van der Waals surface area contributed by atoms with Crippen LogP contribution in [0.2, 0.25) is 5.02 Å². The minimum atomic E-state index is -0.717. The number of hydrogen-bond donors (Lipinski definition) is 0. The molecule has 230 valence electrons. The van der Waals surface area contributed by atoms with Gasteiger partial charge in [-0.1, -0.05) is 90.5 Å². The van der Waals surface area contributed by atoms with Gasteiger partial charge in [0.05, 0.1) is 21.3 Å². The molecule has 5 aromatic rings. The second-order valence-electron chi connectivity index (χ2n) is 10.7. The summed E-state index contributed by atoms with van der Waals surface area (Å²) in [6.07, 6.45) is 1.26. The van der Waals surface area contributed by atoms with Crippen molar-refractivity contribution in [1.29, 1.82) is 5.26 Å². The van der Waals surface area contributed by atoms with E-state index in [1.807, 2.05) is 42.5 Å². The third-order valence-corrected chi connectivity index (χ3v) is 9.35. The molecule has 1 amide bonds. The van der Waals surface area contributed by atoms with Gasteiger partial charge in [0.25, 0.3) is 11.5 Å². The lowest BCUT2D eigenvalue weighted by molar-refractivity contribution is -0.126. The van der Waals surface area contributed by atoms with Gasteiger partial charge in [0.2, 0.25) is 0 Å². The summed E-state index contributed by atoms with van der Waals surface area (Å²) in [7, 11) is 0. The highest BCUT2D eigenvalue weighted by Crippen LogP contribution is 2.29. The van der Waals surface area contributed by atoms with Crippen molar-refractivity contribution >= 4 is 40.5 Å². The van der Waals surface area contributed by atoms with E-state index in [4.69, 9.17) is 11.6 Å². The Bertz CT molecular complexity index is 2060. The van der Waals surface area contributed by atoms with E-state index in [0.29, 0.717) is 26.2 Å². The lowest BCUT2D eigenvalue weighted by Gasteiger charge is -2.39. The SMILES string of the molecule is N#C/C(C(=O)N1CCN(C(c2ccccc2)c2ccccc2)CC1)=c1\s/c(=C/c2c(F)cccc2Cl)c(=O)n1-c1ccccc1F. The van der Waals surface area contributed by atoms with Crippen molar-refractivity contribution in [3.8, 4) is 11.8 Å². The maximum absolute atomic E-state index is 15.1. The average Bonchev–Trinajstić information content (AvgIpc) is 3.39. The molecule has 6 rings (SSSR count). The second-order valence-corrected chi connectivity index (χ2v) is 12.1. The smallest absolute Gasteiger partial charge is 0.273 e. The molecule has 0 atom stereocenters. The van der Waals surface area contributed by atoms with Crippen LogP contribution in [0.3, 0.4) is 0 Å². The molecule has 0 saturated carbocycles. The Kier molecular flexibility index (Phi) is 9.22. The highest BCUT2D eigenvalue weighted by molar-refractivity contribution is 7.07. The van der Waals surface area contributed by atoms with Gasteiger partial charge in [0.1, 0.15) is 22.4 Å². The zero-order chi connectivity index (χ0) is 32.2. The molecule has 6 nitrogen and oxygen atoms in total. The molecule has 0 radical (unpaired) electrons. The number of halogens is 3. The molecule has 2 heterocycles. The molecule has 4 aromatic carbocycles. The Hall–Kier alpha value is -4.88. The number of rotatable bonds is 6. The van der Waals surface area contributed by atoms with Crippen molar-refractivity contribution in [2.45, 2.75) is 6.04 Å². The first-order valence-electron chi connectivity index (χ1n) is 14.6. The molecule has 1 aliphatic rings. The fourth-order valence-electron chi connectivity index (χ4n) is 5.69. The molecular formula is C36H27ClF2N4O2S. The zero-order valence-corrected chi connectivity index (χ0v) is 26.0. The Morgan fingerprint density at radius 1 is 0.826 bits per heavy atom. The van der Waals surface area contributed by atoms with Crippen LogP contribution < -0.4 is 14.8 Å². The summed E-state index contributed by atoms with van der Waals surface area (Å²) >= 11 is 7.03. The van der Waals surface area contributed by atoms with Crippen LogP contribution in [0.15, 0.2) is 108 Å². The Balaban J connectivity index is 1.40. The summed E-state index contributed by atoms with van der Waals surface area (Å²) in [5.41, 5.74) is 1.09. The van der Waals surface area contributed by atoms with Gasteiger partial charge in [0, 0.05) is 31.7 Å². The number of nitriles is 1. The van der Waals surface area contributed by atoms with Crippen LogP contribution in [0, 0.1) is 23.0 Å². The number of amides is 1. The first-order chi connectivity index (χ1) is 22.4. The van der Waals surface area contributed by atoms with E-state index in [9.17, 15) is 19.2 Å². The number of carbonyl (C=O) groups is 1. The molecule has 1 saturated heterocycles. The summed E-state index contributed by atoms with van der Waals surface area (Å²) in [5.74, 6) is -1.94. The van der Waals surface area contributed by atoms with Crippen LogP contribution in [-0.4, -0.2) is 46.5 Å². The average molecular weight is 653 g/mol. The molecule has 1 aliphatic heterocycles. The lowest BCUT2D eigenvalue weighted by atomic mass is 9.96. The number of thiazole rings is 1. The Labute approximate surface area is 272 Å². The van der Waals surface area contributed by atoms with Crippen LogP contribution in [0.4, 0.5) is 8.78 Å². The monoisotopic (exact) mass is 652 g/mol. The maximum Gasteiger partial charge on any atom is 0.273 e. The normalized spacial score (nSPS) is 14.8. The summed E-state index contributed by atoms with van der Waals surface area (Å²) in [4.78, 5) is 31.6. The first kappa shape index (κ1) is 31.1. The van der Waals surface area contributed by atoms with Crippen LogP contribution in [0.1, 0.15) is 22.7 Å². The van der Waals surface area contributed by atoms with Gasteiger partial charge >= 0.3 is 0 Å². The predicted molar refractivity (Wildman–Crippen MR) is 176 cm³/mol. The van der Waals surface area contributed by atoms with Gasteiger partial charge < -0.3 is 4.90 Å². The molecular weight excluding hydrogens is 626 g/mol. The van der Waals surface area contributed by atoms with E-state index in [-0.39, 0.29) is 37.1 Å². The van der Waals surface area contributed by atoms with Gasteiger partial charge in [-0.3, -0.25) is 19.1 Å². The number of piperazine rings is 1. The highest BCUT2D eigenvalue weighted by Gasteiger charge is 2.30. The van der Waals surface area contributed by atoms with E-state index in [0.717, 1.165) is 27.0 Å². The topological polar surface area (TPSA) is 69.3 Å². The molecule has 10 heteroatoms. The number of para-hydroxylation sites is 1. The molecule has 0 bridgehead atoms. The van der Waals surface area contributed by atoms with E-state index >= 15 is 4.39 Å². The fourth-order valence-corrected chi connectivity index (χ4v) is 6.98. The van der Waals surface area contributed by atoms with E-state index in [1.54, 1.807) is 11.0 Å². The third kappa shape index (κ3) is 6.15. The minimum absolute atomic E-state index is 0.0100. The Morgan fingerprint density at radius 2 is 1.41 bits per heavy atom. The molecule has 0 spiro atoms. The van der Waals surface area contributed by atoms with Crippen LogP contribution >= 0.6 is 22.9 Å². The van der Waals surface area contributed by atoms with Crippen LogP contribution in [-0.2, 0) is 4.79 Å². The first-order valence-corrected chi connectivity index (χ1v) is 15.8. The minimum Gasteiger partial charge on any atom is -0.335 e. The Morgan fingerprint density at radius 3 is 2.00 bits per heavy atom. The van der Waals surface area contributed by atoms with Gasteiger partial charge in [0.15, 0.2) is 5.57 Å². The summed E-state index contributed by atoms with van der Waals surface area (Å²) in [6.45, 7) is 1.74. The van der Waals surface area contributed by atoms with Crippen molar-refractivity contribution in [2.24, 2.45) is 0 Å². The lowest BCUT2D eigenvalue weighted by Crippen LogP contribution is -2.50. The quantitative estimate of drug-likeness (QED) is 0.251.